The van der Waals surface area contributed by atoms with Gasteiger partial charge in [-0.1, -0.05) is 0 Å². The third-order valence-electron chi connectivity index (χ3n) is 3.63. The van der Waals surface area contributed by atoms with Crippen molar-refractivity contribution in [3.05, 3.63) is 24.0 Å². The first-order valence-corrected chi connectivity index (χ1v) is 6.42. The molecule has 0 amide bonds. The first kappa shape index (κ1) is 11.5. The van der Waals surface area contributed by atoms with E-state index < -0.39 is 5.97 Å². The molecule has 2 N–H and O–H groups in total. The van der Waals surface area contributed by atoms with E-state index in [2.05, 4.69) is 15.2 Å². The smallest absolute Gasteiger partial charge is 0.354 e. The molecule has 96 valence electrons. The minimum atomic E-state index is -0.982. The van der Waals surface area contributed by atoms with Crippen LogP contribution in [0.3, 0.4) is 0 Å². The number of carboxylic acid groups (broad SMARTS) is 1. The lowest BCUT2D eigenvalue weighted by Crippen LogP contribution is -2.27. The van der Waals surface area contributed by atoms with E-state index in [4.69, 9.17) is 5.11 Å². The predicted octanol–water partition coefficient (Wildman–Crippen LogP) is 1.43. The highest BCUT2D eigenvalue weighted by Gasteiger charge is 2.34. The Balaban J connectivity index is 1.62. The van der Waals surface area contributed by atoms with Gasteiger partial charge < -0.3 is 10.4 Å². The Kier molecular flexibility index (Phi) is 2.91. The maximum Gasteiger partial charge on any atom is 0.354 e. The van der Waals surface area contributed by atoms with Gasteiger partial charge in [-0.05, 0) is 31.4 Å². The number of rotatable bonds is 4. The molecule has 5 heteroatoms. The Morgan fingerprint density at radius 1 is 1.44 bits per heavy atom. The van der Waals surface area contributed by atoms with E-state index in [9.17, 15) is 4.79 Å². The lowest BCUT2D eigenvalue weighted by atomic mass is 10.2. The van der Waals surface area contributed by atoms with Crippen molar-refractivity contribution in [2.24, 2.45) is 0 Å². The highest BCUT2D eigenvalue weighted by Crippen LogP contribution is 2.30. The molecule has 1 unspecified atom stereocenters. The number of nitrogens with one attached hydrogen (secondary N) is 1. The molecule has 1 aliphatic carbocycles. The first-order chi connectivity index (χ1) is 8.72. The summed E-state index contributed by atoms with van der Waals surface area (Å²) in [4.78, 5) is 17.2. The molecule has 0 aromatic carbocycles. The van der Waals surface area contributed by atoms with Gasteiger partial charge in [-0.2, -0.15) is 0 Å². The molecular weight excluding hydrogens is 230 g/mol. The Hall–Kier alpha value is -1.62. The average molecular weight is 247 g/mol. The highest BCUT2D eigenvalue weighted by atomic mass is 16.4. The molecule has 2 heterocycles. The predicted molar refractivity (Wildman–Crippen MR) is 67.8 cm³/mol. The Bertz CT molecular complexity index is 459. The van der Waals surface area contributed by atoms with E-state index >= 15 is 0 Å². The minimum Gasteiger partial charge on any atom is -0.477 e. The number of carbonyl (C=O) groups is 1. The molecule has 5 nitrogen and oxygen atoms in total. The fourth-order valence-electron chi connectivity index (χ4n) is 2.55. The molecule has 2 aliphatic rings. The van der Waals surface area contributed by atoms with Gasteiger partial charge in [0.15, 0.2) is 0 Å². The second-order valence-electron chi connectivity index (χ2n) is 5.09. The largest absolute Gasteiger partial charge is 0.477 e. The zero-order valence-corrected chi connectivity index (χ0v) is 10.2. The summed E-state index contributed by atoms with van der Waals surface area (Å²) < 4.78 is 0. The van der Waals surface area contributed by atoms with Crippen LogP contribution < -0.4 is 5.32 Å². The third-order valence-corrected chi connectivity index (χ3v) is 3.63. The topological polar surface area (TPSA) is 65.5 Å². The molecular formula is C13H17N3O2. The van der Waals surface area contributed by atoms with Gasteiger partial charge in [0.2, 0.25) is 0 Å². The quantitative estimate of drug-likeness (QED) is 0.842. The summed E-state index contributed by atoms with van der Waals surface area (Å²) in [6.45, 7) is 2.22. The number of aromatic carboxylic acids is 1. The second kappa shape index (κ2) is 4.57. The number of hydrogen-bond donors (Lipinski definition) is 2. The van der Waals surface area contributed by atoms with Gasteiger partial charge in [-0.15, -0.1) is 0 Å². The van der Waals surface area contributed by atoms with E-state index in [1.807, 2.05) is 6.07 Å². The van der Waals surface area contributed by atoms with Crippen LogP contribution >= 0.6 is 0 Å². The van der Waals surface area contributed by atoms with Crippen LogP contribution in [0, 0.1) is 0 Å². The van der Waals surface area contributed by atoms with Crippen molar-refractivity contribution in [1.29, 1.82) is 0 Å². The molecule has 18 heavy (non-hydrogen) atoms. The number of nitrogens with zero attached hydrogens (tertiary/aromatic N) is 2. The summed E-state index contributed by atoms with van der Waals surface area (Å²) in [6, 6.07) is 4.66. The normalized spacial score (nSPS) is 24.1. The van der Waals surface area contributed by atoms with E-state index in [0.717, 1.165) is 31.2 Å². The number of pyridine rings is 1. The van der Waals surface area contributed by atoms with Gasteiger partial charge in [0, 0.05) is 37.1 Å². The summed E-state index contributed by atoms with van der Waals surface area (Å²) in [7, 11) is 0. The zero-order chi connectivity index (χ0) is 12.5. The standard InChI is InChI=1S/C13H17N3O2/c17-13(18)12-7-9(3-5-14-12)15-10-4-6-16(8-10)11-1-2-11/h3,5,7,10-11H,1-2,4,6,8H2,(H,14,15)(H,17,18). The van der Waals surface area contributed by atoms with Crippen molar-refractivity contribution < 1.29 is 9.90 Å². The number of hydrogen-bond acceptors (Lipinski definition) is 4. The Morgan fingerprint density at radius 3 is 3.00 bits per heavy atom. The van der Waals surface area contributed by atoms with Crippen LogP contribution in [0.25, 0.3) is 0 Å². The number of anilines is 1. The zero-order valence-electron chi connectivity index (χ0n) is 10.2. The highest BCUT2D eigenvalue weighted by molar-refractivity contribution is 5.86. The van der Waals surface area contributed by atoms with Crippen LogP contribution in [0.15, 0.2) is 18.3 Å². The summed E-state index contributed by atoms with van der Waals surface area (Å²) in [5.74, 6) is -0.982. The van der Waals surface area contributed by atoms with Crippen molar-refractivity contribution in [3.8, 4) is 0 Å². The lowest BCUT2D eigenvalue weighted by Gasteiger charge is -2.16. The van der Waals surface area contributed by atoms with Crippen LogP contribution in [0.5, 0.6) is 0 Å². The number of likely N-dealkylation sites (tertiary alicyclic amines) is 1. The molecule has 0 radical (unpaired) electrons. The summed E-state index contributed by atoms with van der Waals surface area (Å²) in [5, 5.41) is 12.3. The maximum atomic E-state index is 10.8. The monoisotopic (exact) mass is 247 g/mol. The molecule has 1 atom stereocenters. The Morgan fingerprint density at radius 2 is 2.28 bits per heavy atom. The van der Waals surface area contributed by atoms with E-state index in [1.54, 1.807) is 12.3 Å². The van der Waals surface area contributed by atoms with Gasteiger partial charge in [0.25, 0.3) is 0 Å². The van der Waals surface area contributed by atoms with E-state index in [-0.39, 0.29) is 5.69 Å². The molecule has 3 rings (SSSR count). The summed E-state index contributed by atoms with van der Waals surface area (Å²) in [6.07, 6.45) is 5.34. The SMILES string of the molecule is O=C(O)c1cc(NC2CCN(C3CC3)C2)ccn1. The first-order valence-electron chi connectivity index (χ1n) is 6.42. The minimum absolute atomic E-state index is 0.0945. The van der Waals surface area contributed by atoms with Crippen LogP contribution in [-0.4, -0.2) is 46.1 Å². The van der Waals surface area contributed by atoms with Crippen molar-refractivity contribution >= 4 is 11.7 Å². The fraction of sp³-hybridized carbons (Fsp3) is 0.538. The summed E-state index contributed by atoms with van der Waals surface area (Å²) in [5.41, 5.74) is 0.946. The van der Waals surface area contributed by atoms with Crippen LogP contribution in [-0.2, 0) is 0 Å². The van der Waals surface area contributed by atoms with Crippen LogP contribution in [0.2, 0.25) is 0 Å². The van der Waals surface area contributed by atoms with Gasteiger partial charge >= 0.3 is 5.97 Å². The van der Waals surface area contributed by atoms with Gasteiger partial charge in [-0.25, -0.2) is 9.78 Å². The van der Waals surface area contributed by atoms with E-state index in [1.165, 1.54) is 12.8 Å². The molecule has 1 saturated heterocycles. The van der Waals surface area contributed by atoms with Crippen molar-refractivity contribution in [2.45, 2.75) is 31.3 Å². The van der Waals surface area contributed by atoms with Crippen LogP contribution in [0.4, 0.5) is 5.69 Å². The lowest BCUT2D eigenvalue weighted by molar-refractivity contribution is 0.0690. The molecule has 1 aromatic heterocycles. The maximum absolute atomic E-state index is 10.8. The average Bonchev–Trinajstić information content (AvgIpc) is 3.11. The van der Waals surface area contributed by atoms with Crippen molar-refractivity contribution in [2.75, 3.05) is 18.4 Å². The molecule has 1 saturated carbocycles. The van der Waals surface area contributed by atoms with Gasteiger partial charge in [0.05, 0.1) is 0 Å². The van der Waals surface area contributed by atoms with Crippen LogP contribution in [0.1, 0.15) is 29.8 Å². The third kappa shape index (κ3) is 2.46. The summed E-state index contributed by atoms with van der Waals surface area (Å²) >= 11 is 0. The number of aromatic nitrogens is 1. The molecule has 2 fully saturated rings. The molecule has 1 aliphatic heterocycles. The van der Waals surface area contributed by atoms with E-state index in [0.29, 0.717) is 6.04 Å². The molecule has 0 spiro atoms. The van der Waals surface area contributed by atoms with Crippen molar-refractivity contribution in [1.82, 2.24) is 9.88 Å². The molecule has 1 aromatic rings. The van der Waals surface area contributed by atoms with Gasteiger partial charge in [-0.3, -0.25) is 4.90 Å². The van der Waals surface area contributed by atoms with Crippen molar-refractivity contribution in [3.63, 3.8) is 0 Å². The number of carboxylic acids is 1. The Labute approximate surface area is 106 Å². The molecule has 0 bridgehead atoms. The fourth-order valence-corrected chi connectivity index (χ4v) is 2.55. The van der Waals surface area contributed by atoms with Gasteiger partial charge in [0.1, 0.15) is 5.69 Å². The second-order valence-corrected chi connectivity index (χ2v) is 5.09.